The first-order chi connectivity index (χ1) is 6.04. The normalized spacial score (nSPS) is 11.4. The lowest BCUT2D eigenvalue weighted by atomic mass is 10.3. The van der Waals surface area contributed by atoms with E-state index >= 15 is 0 Å². The van der Waals surface area contributed by atoms with Gasteiger partial charge in [-0.1, -0.05) is 0 Å². The molecule has 1 rings (SSSR count). The number of alkyl halides is 3. The van der Waals surface area contributed by atoms with Crippen molar-refractivity contribution in [3.05, 3.63) is 24.0 Å². The number of pyridine rings is 1. The highest BCUT2D eigenvalue weighted by molar-refractivity contribution is 5.24. The first-order valence-corrected chi connectivity index (χ1v) is 3.61. The number of ether oxygens (including phenoxy) is 1. The SMILES string of the molecule is CCOc1[c]ncc(C(F)(F)F)c1. The highest BCUT2D eigenvalue weighted by Crippen LogP contribution is 2.30. The van der Waals surface area contributed by atoms with Crippen molar-refractivity contribution in [1.29, 1.82) is 0 Å². The molecule has 0 aromatic carbocycles. The minimum Gasteiger partial charge on any atom is -0.492 e. The summed E-state index contributed by atoms with van der Waals surface area (Å²) in [7, 11) is 0. The first kappa shape index (κ1) is 9.83. The van der Waals surface area contributed by atoms with E-state index in [0.717, 1.165) is 6.07 Å². The Hall–Kier alpha value is -1.26. The van der Waals surface area contributed by atoms with Crippen LogP contribution in [0.2, 0.25) is 0 Å². The minimum absolute atomic E-state index is 0.0114. The highest BCUT2D eigenvalue weighted by atomic mass is 19.4. The van der Waals surface area contributed by atoms with E-state index in [1.807, 2.05) is 0 Å². The van der Waals surface area contributed by atoms with Crippen LogP contribution < -0.4 is 4.74 Å². The van der Waals surface area contributed by atoms with Crippen LogP contribution in [0.4, 0.5) is 13.2 Å². The van der Waals surface area contributed by atoms with Gasteiger partial charge in [0.25, 0.3) is 0 Å². The Morgan fingerprint density at radius 1 is 1.54 bits per heavy atom. The molecule has 0 aliphatic carbocycles. The van der Waals surface area contributed by atoms with Crippen molar-refractivity contribution in [2.75, 3.05) is 6.61 Å². The average molecular weight is 190 g/mol. The van der Waals surface area contributed by atoms with Gasteiger partial charge in [-0.2, -0.15) is 13.2 Å². The molecule has 0 amide bonds. The summed E-state index contributed by atoms with van der Waals surface area (Å²) in [6, 6.07) is 0.872. The second-order valence-electron chi connectivity index (χ2n) is 2.26. The Bertz CT molecular complexity index is 285. The molecule has 2 nitrogen and oxygen atoms in total. The Morgan fingerprint density at radius 3 is 2.77 bits per heavy atom. The molecular weight excluding hydrogens is 183 g/mol. The third-order valence-electron chi connectivity index (χ3n) is 1.29. The van der Waals surface area contributed by atoms with Crippen LogP contribution in [-0.4, -0.2) is 11.6 Å². The van der Waals surface area contributed by atoms with Gasteiger partial charge < -0.3 is 4.74 Å². The van der Waals surface area contributed by atoms with Crippen LogP contribution in [-0.2, 0) is 6.18 Å². The number of nitrogens with zero attached hydrogens (tertiary/aromatic N) is 1. The molecule has 0 N–H and O–H groups in total. The fraction of sp³-hybridized carbons (Fsp3) is 0.375. The Balaban J connectivity index is 2.92. The third-order valence-corrected chi connectivity index (χ3v) is 1.29. The van der Waals surface area contributed by atoms with Crippen LogP contribution in [0.15, 0.2) is 12.3 Å². The maximum atomic E-state index is 12.1. The summed E-state index contributed by atoms with van der Waals surface area (Å²) in [6.07, 6.45) is -1.36. The summed E-state index contributed by atoms with van der Waals surface area (Å²) >= 11 is 0. The van der Waals surface area contributed by atoms with Crippen LogP contribution in [0.5, 0.6) is 5.75 Å². The van der Waals surface area contributed by atoms with Crippen molar-refractivity contribution >= 4 is 0 Å². The van der Waals surface area contributed by atoms with Gasteiger partial charge in [-0.15, -0.1) is 0 Å². The summed E-state index contributed by atoms with van der Waals surface area (Å²) in [5.41, 5.74) is -0.824. The second kappa shape index (κ2) is 3.64. The van der Waals surface area contributed by atoms with Gasteiger partial charge in [0.1, 0.15) is 11.9 Å². The van der Waals surface area contributed by atoms with Crippen LogP contribution in [0.1, 0.15) is 12.5 Å². The van der Waals surface area contributed by atoms with Crippen LogP contribution in [0.3, 0.4) is 0 Å². The van der Waals surface area contributed by atoms with E-state index in [9.17, 15) is 13.2 Å². The van der Waals surface area contributed by atoms with Crippen molar-refractivity contribution in [1.82, 2.24) is 4.98 Å². The molecule has 71 valence electrons. The van der Waals surface area contributed by atoms with Crippen molar-refractivity contribution in [2.45, 2.75) is 13.1 Å². The molecule has 0 fully saturated rings. The lowest BCUT2D eigenvalue weighted by Crippen LogP contribution is -2.06. The summed E-state index contributed by atoms with van der Waals surface area (Å²) < 4.78 is 41.1. The second-order valence-corrected chi connectivity index (χ2v) is 2.26. The number of aromatic nitrogens is 1. The number of hydrogen-bond acceptors (Lipinski definition) is 2. The van der Waals surface area contributed by atoms with E-state index in [1.165, 1.54) is 0 Å². The predicted octanol–water partition coefficient (Wildman–Crippen LogP) is 2.30. The molecule has 0 unspecified atom stereocenters. The Morgan fingerprint density at radius 2 is 2.23 bits per heavy atom. The summed E-state index contributed by atoms with van der Waals surface area (Å²) in [4.78, 5) is 3.30. The van der Waals surface area contributed by atoms with Gasteiger partial charge in [0.05, 0.1) is 12.2 Å². The maximum absolute atomic E-state index is 12.1. The summed E-state index contributed by atoms with van der Waals surface area (Å²) in [5, 5.41) is 0. The molecular formula is C8H7F3NO. The topological polar surface area (TPSA) is 22.1 Å². The molecule has 0 saturated heterocycles. The molecule has 1 aromatic rings. The van der Waals surface area contributed by atoms with Gasteiger partial charge in [-0.3, -0.25) is 0 Å². The van der Waals surface area contributed by atoms with E-state index in [-0.39, 0.29) is 5.75 Å². The molecule has 0 aliphatic rings. The lowest BCUT2D eigenvalue weighted by Gasteiger charge is -2.07. The smallest absolute Gasteiger partial charge is 0.418 e. The van der Waals surface area contributed by atoms with Crippen molar-refractivity contribution in [2.24, 2.45) is 0 Å². The molecule has 5 heteroatoms. The molecule has 1 aromatic heterocycles. The van der Waals surface area contributed by atoms with E-state index in [4.69, 9.17) is 4.74 Å². The summed E-state index contributed by atoms with van der Waals surface area (Å²) in [6.45, 7) is 1.97. The molecule has 0 atom stereocenters. The highest BCUT2D eigenvalue weighted by Gasteiger charge is 2.31. The Kier molecular flexibility index (Phi) is 2.75. The maximum Gasteiger partial charge on any atom is 0.418 e. The van der Waals surface area contributed by atoms with Gasteiger partial charge in [-0.05, 0) is 13.0 Å². The minimum atomic E-state index is -4.38. The lowest BCUT2D eigenvalue weighted by molar-refractivity contribution is -0.137. The van der Waals surface area contributed by atoms with E-state index < -0.39 is 11.7 Å². The molecule has 1 heterocycles. The standard InChI is InChI=1S/C8H7F3NO/c1-2-13-7-3-6(4-12-5-7)8(9,10)11/h3-4H,2H2,1H3. The molecule has 0 spiro atoms. The third kappa shape index (κ3) is 2.61. The zero-order chi connectivity index (χ0) is 9.90. The fourth-order valence-corrected chi connectivity index (χ4v) is 0.761. The van der Waals surface area contributed by atoms with Gasteiger partial charge in [0.15, 0.2) is 0 Å². The van der Waals surface area contributed by atoms with Crippen molar-refractivity contribution < 1.29 is 17.9 Å². The van der Waals surface area contributed by atoms with Crippen LogP contribution >= 0.6 is 0 Å². The predicted molar refractivity (Wildman–Crippen MR) is 39.2 cm³/mol. The van der Waals surface area contributed by atoms with Crippen LogP contribution in [0, 0.1) is 6.20 Å². The van der Waals surface area contributed by atoms with E-state index in [1.54, 1.807) is 6.92 Å². The zero-order valence-electron chi connectivity index (χ0n) is 6.85. The Labute approximate surface area is 73.4 Å². The quantitative estimate of drug-likeness (QED) is 0.713. The van der Waals surface area contributed by atoms with Gasteiger partial charge >= 0.3 is 6.18 Å². The van der Waals surface area contributed by atoms with Crippen LogP contribution in [0.25, 0.3) is 0 Å². The molecule has 0 bridgehead atoms. The number of hydrogen-bond donors (Lipinski definition) is 0. The van der Waals surface area contributed by atoms with Crippen molar-refractivity contribution in [3.8, 4) is 5.75 Å². The molecule has 13 heavy (non-hydrogen) atoms. The van der Waals surface area contributed by atoms with Crippen molar-refractivity contribution in [3.63, 3.8) is 0 Å². The average Bonchev–Trinajstić information content (AvgIpc) is 2.04. The summed E-state index contributed by atoms with van der Waals surface area (Å²) in [5.74, 6) is 0.0114. The zero-order valence-corrected chi connectivity index (χ0v) is 6.85. The number of rotatable bonds is 2. The van der Waals surface area contributed by atoms with Gasteiger partial charge in [0.2, 0.25) is 0 Å². The first-order valence-electron chi connectivity index (χ1n) is 3.61. The fourth-order valence-electron chi connectivity index (χ4n) is 0.761. The molecule has 0 saturated carbocycles. The van der Waals surface area contributed by atoms with E-state index in [2.05, 4.69) is 11.2 Å². The number of halogens is 3. The molecule has 1 radical (unpaired) electrons. The monoisotopic (exact) mass is 190 g/mol. The van der Waals surface area contributed by atoms with Gasteiger partial charge in [-0.25, -0.2) is 4.98 Å². The van der Waals surface area contributed by atoms with Gasteiger partial charge in [0, 0.05) is 6.20 Å². The van der Waals surface area contributed by atoms with E-state index in [0.29, 0.717) is 12.8 Å². The largest absolute Gasteiger partial charge is 0.492 e. The molecule has 0 aliphatic heterocycles.